The molecule has 0 unspecified atom stereocenters. The number of nitrogens with one attached hydrogen (secondary N) is 1. The Hall–Kier alpha value is -1.48. The molecule has 2 rings (SSSR count). The van der Waals surface area contributed by atoms with Crippen molar-refractivity contribution in [2.24, 2.45) is 0 Å². The molecule has 0 spiro atoms. The number of aliphatic hydroxyl groups is 1. The first-order chi connectivity index (χ1) is 9.90. The number of carboxylic acid groups (broad SMARTS) is 1. The summed E-state index contributed by atoms with van der Waals surface area (Å²) < 4.78 is 27.9. The molecule has 0 saturated heterocycles. The van der Waals surface area contributed by atoms with Crippen LogP contribution in [0.2, 0.25) is 0 Å². The van der Waals surface area contributed by atoms with Gasteiger partial charge in [0.15, 0.2) is 0 Å². The summed E-state index contributed by atoms with van der Waals surface area (Å²) in [5.41, 5.74) is 0. The summed E-state index contributed by atoms with van der Waals surface area (Å²) in [6.45, 7) is 1.38. The van der Waals surface area contributed by atoms with Crippen LogP contribution in [0, 0.1) is 0 Å². The van der Waals surface area contributed by atoms with E-state index < -0.39 is 22.0 Å². The highest BCUT2D eigenvalue weighted by atomic mass is 32.2. The maximum atomic E-state index is 12.5. The van der Waals surface area contributed by atoms with Crippen LogP contribution in [0.4, 0.5) is 0 Å². The summed E-state index contributed by atoms with van der Waals surface area (Å²) >= 11 is 0.920. The zero-order chi connectivity index (χ0) is 15.6. The van der Waals surface area contributed by atoms with Crippen molar-refractivity contribution in [2.45, 2.75) is 24.3 Å². The van der Waals surface area contributed by atoms with Crippen molar-refractivity contribution in [3.05, 3.63) is 29.1 Å². The van der Waals surface area contributed by atoms with Crippen LogP contribution in [0.1, 0.15) is 23.0 Å². The Morgan fingerprint density at radius 1 is 1.38 bits per heavy atom. The Morgan fingerprint density at radius 3 is 2.62 bits per heavy atom. The molecule has 1 heterocycles. The molecule has 0 saturated carbocycles. The van der Waals surface area contributed by atoms with Gasteiger partial charge in [-0.25, -0.2) is 17.9 Å². The number of carbonyl (C=O) groups is 1. The molecule has 1 aromatic carbocycles. The minimum Gasteiger partial charge on any atom is -0.477 e. The first kappa shape index (κ1) is 15.9. The Kier molecular flexibility index (Phi) is 4.62. The average Bonchev–Trinajstić information content (AvgIpc) is 2.85. The number of hydrogen-bond acceptors (Lipinski definition) is 5. The molecule has 0 bridgehead atoms. The predicted octanol–water partition coefficient (Wildman–Crippen LogP) is 1.65. The minimum absolute atomic E-state index is 0.225. The fourth-order valence-electron chi connectivity index (χ4n) is 1.96. The van der Waals surface area contributed by atoms with Crippen molar-refractivity contribution in [3.8, 4) is 0 Å². The van der Waals surface area contributed by atoms with E-state index in [0.29, 0.717) is 16.5 Å². The molecule has 0 amide bonds. The van der Waals surface area contributed by atoms with Gasteiger partial charge < -0.3 is 10.2 Å². The van der Waals surface area contributed by atoms with E-state index >= 15 is 0 Å². The highest BCUT2D eigenvalue weighted by Gasteiger charge is 2.29. The summed E-state index contributed by atoms with van der Waals surface area (Å²) in [4.78, 5) is 10.9. The number of hydrogen-bond donors (Lipinski definition) is 3. The van der Waals surface area contributed by atoms with Crippen LogP contribution in [-0.2, 0) is 10.0 Å². The van der Waals surface area contributed by atoms with E-state index in [1.165, 1.54) is 0 Å². The minimum atomic E-state index is -4.02. The largest absolute Gasteiger partial charge is 0.477 e. The van der Waals surface area contributed by atoms with Gasteiger partial charge in [-0.05, 0) is 12.5 Å². The van der Waals surface area contributed by atoms with Gasteiger partial charge >= 0.3 is 5.97 Å². The smallest absolute Gasteiger partial charge is 0.347 e. The van der Waals surface area contributed by atoms with E-state index in [1.54, 1.807) is 31.2 Å². The average molecular weight is 329 g/mol. The van der Waals surface area contributed by atoms with Crippen LogP contribution >= 0.6 is 11.3 Å². The number of thiophene rings is 1. The van der Waals surface area contributed by atoms with E-state index in [-0.39, 0.29) is 16.4 Å². The number of benzene rings is 1. The van der Waals surface area contributed by atoms with Gasteiger partial charge in [0, 0.05) is 16.1 Å². The molecule has 1 aromatic heterocycles. The lowest BCUT2D eigenvalue weighted by atomic mass is 10.2. The second kappa shape index (κ2) is 6.10. The number of sulfonamides is 1. The number of carboxylic acids is 1. The molecule has 6 nitrogen and oxygen atoms in total. The molecule has 8 heteroatoms. The van der Waals surface area contributed by atoms with Gasteiger partial charge in [-0.3, -0.25) is 0 Å². The molecular weight excluding hydrogens is 314 g/mol. The van der Waals surface area contributed by atoms with E-state index in [9.17, 15) is 18.3 Å². The van der Waals surface area contributed by atoms with Crippen molar-refractivity contribution in [1.29, 1.82) is 0 Å². The van der Waals surface area contributed by atoms with Crippen molar-refractivity contribution >= 4 is 37.4 Å². The Balaban J connectivity index is 2.63. The Morgan fingerprint density at radius 2 is 2.05 bits per heavy atom. The summed E-state index contributed by atoms with van der Waals surface area (Å²) in [7, 11) is -4.02. The van der Waals surface area contributed by atoms with Gasteiger partial charge in [0.2, 0.25) is 10.0 Å². The molecule has 0 radical (unpaired) electrons. The number of aliphatic hydroxyl groups excluding tert-OH is 1. The Bertz CT molecular complexity index is 762. The fraction of sp³-hybridized carbons (Fsp3) is 0.308. The maximum Gasteiger partial charge on any atom is 0.347 e. The molecular formula is C13H15NO5S2. The number of aromatic carboxylic acids is 1. The quantitative estimate of drug-likeness (QED) is 0.747. The molecule has 21 heavy (non-hydrogen) atoms. The zero-order valence-electron chi connectivity index (χ0n) is 11.2. The molecule has 0 aliphatic rings. The monoisotopic (exact) mass is 329 g/mol. The SMILES string of the molecule is CC[C@H](CO)NS(=O)(=O)c1c(C(=O)O)sc2ccccc12. The summed E-state index contributed by atoms with van der Waals surface area (Å²) in [6.07, 6.45) is 0.403. The third-order valence-corrected chi connectivity index (χ3v) is 5.94. The van der Waals surface area contributed by atoms with Crippen molar-refractivity contribution < 1.29 is 23.4 Å². The zero-order valence-corrected chi connectivity index (χ0v) is 12.9. The number of fused-ring (bicyclic) bond motifs is 1. The number of rotatable bonds is 6. The van der Waals surface area contributed by atoms with Gasteiger partial charge in [-0.2, -0.15) is 0 Å². The highest BCUT2D eigenvalue weighted by Crippen LogP contribution is 2.34. The standard InChI is InChI=1S/C13H15NO5S2/c1-2-8(7-15)14-21(18,19)12-9-5-3-4-6-10(9)20-11(12)13(16)17/h3-6,8,14-15H,2,7H2,1H3,(H,16,17)/t8-/m1/s1. The van der Waals surface area contributed by atoms with Gasteiger partial charge in [0.05, 0.1) is 6.61 Å². The molecule has 0 aliphatic heterocycles. The molecule has 0 fully saturated rings. The summed E-state index contributed by atoms with van der Waals surface area (Å²) in [5.74, 6) is -1.28. The molecule has 3 N–H and O–H groups in total. The Labute approximate surface area is 126 Å². The molecule has 114 valence electrons. The lowest BCUT2D eigenvalue weighted by Crippen LogP contribution is -2.37. The van der Waals surface area contributed by atoms with Gasteiger partial charge in [-0.1, -0.05) is 25.1 Å². The van der Waals surface area contributed by atoms with Crippen molar-refractivity contribution in [2.75, 3.05) is 6.61 Å². The fourth-order valence-corrected chi connectivity index (χ4v) is 5.01. The summed E-state index contributed by atoms with van der Waals surface area (Å²) in [6, 6.07) is 5.98. The predicted molar refractivity (Wildman–Crippen MR) is 80.3 cm³/mol. The van der Waals surface area contributed by atoms with Crippen LogP contribution in [-0.4, -0.2) is 37.2 Å². The maximum absolute atomic E-state index is 12.5. The third kappa shape index (κ3) is 3.08. The first-order valence-corrected chi connectivity index (χ1v) is 8.58. The van der Waals surface area contributed by atoms with Crippen LogP contribution < -0.4 is 4.72 Å². The van der Waals surface area contributed by atoms with Gasteiger partial charge in [0.1, 0.15) is 9.77 Å². The first-order valence-electron chi connectivity index (χ1n) is 6.28. The molecule has 1 atom stereocenters. The molecule has 0 aliphatic carbocycles. The van der Waals surface area contributed by atoms with Crippen LogP contribution in [0.3, 0.4) is 0 Å². The summed E-state index contributed by atoms with van der Waals surface area (Å²) in [5, 5.41) is 18.8. The van der Waals surface area contributed by atoms with E-state index in [1.807, 2.05) is 0 Å². The van der Waals surface area contributed by atoms with Crippen LogP contribution in [0.15, 0.2) is 29.2 Å². The lowest BCUT2D eigenvalue weighted by Gasteiger charge is -2.14. The third-order valence-electron chi connectivity index (χ3n) is 3.05. The van der Waals surface area contributed by atoms with E-state index in [2.05, 4.69) is 4.72 Å². The van der Waals surface area contributed by atoms with Crippen LogP contribution in [0.25, 0.3) is 10.1 Å². The second-order valence-corrected chi connectivity index (χ2v) is 7.17. The second-order valence-electron chi connectivity index (χ2n) is 4.47. The van der Waals surface area contributed by atoms with E-state index in [4.69, 9.17) is 5.11 Å². The normalized spacial score (nSPS) is 13.4. The van der Waals surface area contributed by atoms with Crippen molar-refractivity contribution in [1.82, 2.24) is 4.72 Å². The lowest BCUT2D eigenvalue weighted by molar-refractivity contribution is 0.0698. The van der Waals surface area contributed by atoms with Crippen LogP contribution in [0.5, 0.6) is 0 Å². The van der Waals surface area contributed by atoms with Gasteiger partial charge in [-0.15, -0.1) is 11.3 Å². The topological polar surface area (TPSA) is 104 Å². The van der Waals surface area contributed by atoms with E-state index in [0.717, 1.165) is 11.3 Å². The molecule has 2 aromatic rings. The highest BCUT2D eigenvalue weighted by molar-refractivity contribution is 7.90. The van der Waals surface area contributed by atoms with Crippen molar-refractivity contribution in [3.63, 3.8) is 0 Å². The van der Waals surface area contributed by atoms with Gasteiger partial charge in [0.25, 0.3) is 0 Å².